The summed E-state index contributed by atoms with van der Waals surface area (Å²) in [4.78, 5) is 12.7. The molecule has 3 nitrogen and oxygen atoms in total. The van der Waals surface area contributed by atoms with Crippen LogP contribution in [0.2, 0.25) is 5.02 Å². The van der Waals surface area contributed by atoms with Gasteiger partial charge in [0.25, 0.3) is 0 Å². The molecule has 5 heteroatoms. The fraction of sp³-hybridized carbons (Fsp3) is 0.0870. The van der Waals surface area contributed by atoms with Gasteiger partial charge in [0.05, 0.1) is 5.56 Å². The minimum absolute atomic E-state index is 0.123. The molecule has 0 fully saturated rings. The molecule has 0 aliphatic carbocycles. The van der Waals surface area contributed by atoms with Crippen LogP contribution in [0.25, 0.3) is 6.08 Å². The summed E-state index contributed by atoms with van der Waals surface area (Å²) in [6.07, 6.45) is 1.72. The van der Waals surface area contributed by atoms with E-state index < -0.39 is 0 Å². The normalized spacial score (nSPS) is 14.1. The summed E-state index contributed by atoms with van der Waals surface area (Å²) >= 11 is 9.34. The standard InChI is InChI=1S/C23H16BrClO3/c1-14-10-19(27-13-16-2-6-17(24)7-3-16)12-20-22(14)23(26)21(28-20)11-15-4-8-18(25)9-5-15/h2-12H,13H2,1H3/b21-11-. The second-order valence-corrected chi connectivity index (χ2v) is 7.87. The number of aryl methyl sites for hydroxylation is 1. The number of allylic oxidation sites excluding steroid dienone is 1. The van der Waals surface area contributed by atoms with E-state index in [0.717, 1.165) is 21.2 Å². The van der Waals surface area contributed by atoms with Crippen LogP contribution < -0.4 is 9.47 Å². The average molecular weight is 456 g/mol. The van der Waals surface area contributed by atoms with Crippen LogP contribution in [0.3, 0.4) is 0 Å². The number of ketones is 1. The minimum Gasteiger partial charge on any atom is -0.489 e. The Balaban J connectivity index is 1.55. The van der Waals surface area contributed by atoms with Crippen molar-refractivity contribution in [2.75, 3.05) is 0 Å². The van der Waals surface area contributed by atoms with Crippen molar-refractivity contribution in [3.05, 3.63) is 98.2 Å². The van der Waals surface area contributed by atoms with Crippen molar-refractivity contribution >= 4 is 39.4 Å². The highest BCUT2D eigenvalue weighted by atomic mass is 79.9. The van der Waals surface area contributed by atoms with Crippen molar-refractivity contribution in [3.63, 3.8) is 0 Å². The van der Waals surface area contributed by atoms with E-state index in [1.54, 1.807) is 24.3 Å². The van der Waals surface area contributed by atoms with Crippen molar-refractivity contribution in [1.82, 2.24) is 0 Å². The number of hydrogen-bond acceptors (Lipinski definition) is 3. The fourth-order valence-corrected chi connectivity index (χ4v) is 3.41. The number of benzene rings is 3. The Labute approximate surface area is 176 Å². The molecule has 28 heavy (non-hydrogen) atoms. The van der Waals surface area contributed by atoms with Crippen LogP contribution in [-0.2, 0) is 6.61 Å². The molecule has 0 spiro atoms. The number of fused-ring (bicyclic) bond motifs is 1. The van der Waals surface area contributed by atoms with E-state index in [-0.39, 0.29) is 5.78 Å². The fourth-order valence-electron chi connectivity index (χ4n) is 3.02. The second kappa shape index (κ2) is 7.82. The molecule has 3 aromatic rings. The van der Waals surface area contributed by atoms with E-state index in [0.29, 0.717) is 34.5 Å². The van der Waals surface area contributed by atoms with Crippen LogP contribution >= 0.6 is 27.5 Å². The highest BCUT2D eigenvalue weighted by molar-refractivity contribution is 9.10. The third-order valence-electron chi connectivity index (χ3n) is 4.43. The topological polar surface area (TPSA) is 35.5 Å². The first-order valence-corrected chi connectivity index (χ1v) is 9.88. The zero-order valence-corrected chi connectivity index (χ0v) is 17.4. The van der Waals surface area contributed by atoms with Gasteiger partial charge >= 0.3 is 0 Å². The van der Waals surface area contributed by atoms with Crippen LogP contribution in [0.15, 0.2) is 70.9 Å². The number of carbonyl (C=O) groups excluding carboxylic acids is 1. The lowest BCUT2D eigenvalue weighted by Gasteiger charge is -2.09. The van der Waals surface area contributed by atoms with Gasteiger partial charge in [-0.05, 0) is 60.0 Å². The maximum atomic E-state index is 12.7. The predicted molar refractivity (Wildman–Crippen MR) is 114 cm³/mol. The first-order chi connectivity index (χ1) is 13.5. The number of hydrogen-bond donors (Lipinski definition) is 0. The third-order valence-corrected chi connectivity index (χ3v) is 5.21. The van der Waals surface area contributed by atoms with Crippen LogP contribution in [0.4, 0.5) is 0 Å². The average Bonchev–Trinajstić information content (AvgIpc) is 2.99. The molecule has 1 aliphatic rings. The number of halogens is 2. The lowest BCUT2D eigenvalue weighted by molar-refractivity contribution is 0.101. The Bertz CT molecular complexity index is 1070. The van der Waals surface area contributed by atoms with E-state index in [4.69, 9.17) is 21.1 Å². The van der Waals surface area contributed by atoms with Crippen molar-refractivity contribution in [1.29, 1.82) is 0 Å². The van der Waals surface area contributed by atoms with E-state index in [1.807, 2.05) is 49.4 Å². The Hall–Kier alpha value is -2.56. The largest absolute Gasteiger partial charge is 0.489 e. The lowest BCUT2D eigenvalue weighted by atomic mass is 10.0. The molecule has 3 aromatic carbocycles. The summed E-state index contributed by atoms with van der Waals surface area (Å²) in [7, 11) is 0. The summed E-state index contributed by atoms with van der Waals surface area (Å²) in [6, 6.07) is 18.8. The molecule has 1 aliphatic heterocycles. The molecule has 0 aromatic heterocycles. The van der Waals surface area contributed by atoms with E-state index in [2.05, 4.69) is 15.9 Å². The molecule has 0 unspecified atom stereocenters. The van der Waals surface area contributed by atoms with Crippen LogP contribution in [0.1, 0.15) is 27.0 Å². The van der Waals surface area contributed by atoms with Crippen LogP contribution in [0, 0.1) is 6.92 Å². The first kappa shape index (κ1) is 18.8. The number of rotatable bonds is 4. The summed E-state index contributed by atoms with van der Waals surface area (Å²) in [6.45, 7) is 2.32. The van der Waals surface area contributed by atoms with Gasteiger partial charge in [0.1, 0.15) is 18.1 Å². The molecule has 140 valence electrons. The van der Waals surface area contributed by atoms with Gasteiger partial charge in [-0.15, -0.1) is 0 Å². The highest BCUT2D eigenvalue weighted by Gasteiger charge is 2.30. The molecule has 0 saturated carbocycles. The molecular formula is C23H16BrClO3. The predicted octanol–water partition coefficient (Wildman–Crippen LogP) is 6.61. The Morgan fingerprint density at radius 3 is 2.50 bits per heavy atom. The van der Waals surface area contributed by atoms with E-state index in [9.17, 15) is 4.79 Å². The van der Waals surface area contributed by atoms with Crippen LogP contribution in [0.5, 0.6) is 11.5 Å². The third kappa shape index (κ3) is 3.98. The molecule has 4 rings (SSSR count). The maximum Gasteiger partial charge on any atom is 0.232 e. The van der Waals surface area contributed by atoms with E-state index >= 15 is 0 Å². The van der Waals surface area contributed by atoms with Crippen LogP contribution in [-0.4, -0.2) is 5.78 Å². The van der Waals surface area contributed by atoms with Gasteiger partial charge < -0.3 is 9.47 Å². The highest BCUT2D eigenvalue weighted by Crippen LogP contribution is 2.37. The van der Waals surface area contributed by atoms with Gasteiger partial charge in [0.15, 0.2) is 5.76 Å². The monoisotopic (exact) mass is 454 g/mol. The zero-order valence-electron chi connectivity index (χ0n) is 15.0. The summed E-state index contributed by atoms with van der Waals surface area (Å²) in [5, 5.41) is 0.646. The minimum atomic E-state index is -0.123. The van der Waals surface area contributed by atoms with Crippen molar-refractivity contribution in [2.24, 2.45) is 0 Å². The second-order valence-electron chi connectivity index (χ2n) is 6.52. The summed E-state index contributed by atoms with van der Waals surface area (Å²) in [5.74, 6) is 1.36. The zero-order chi connectivity index (χ0) is 19.7. The molecule has 0 N–H and O–H groups in total. The maximum absolute atomic E-state index is 12.7. The molecule has 0 radical (unpaired) electrons. The van der Waals surface area contributed by atoms with Gasteiger partial charge in [-0.25, -0.2) is 0 Å². The number of Topliss-reactive ketones (excluding diaryl/α,β-unsaturated/α-hetero) is 1. The summed E-state index contributed by atoms with van der Waals surface area (Å²) < 4.78 is 12.8. The molecule has 0 amide bonds. The van der Waals surface area contributed by atoms with Crippen molar-refractivity contribution < 1.29 is 14.3 Å². The van der Waals surface area contributed by atoms with Gasteiger partial charge in [-0.1, -0.05) is 51.8 Å². The molecular weight excluding hydrogens is 440 g/mol. The number of carbonyl (C=O) groups is 1. The van der Waals surface area contributed by atoms with E-state index in [1.165, 1.54) is 0 Å². The van der Waals surface area contributed by atoms with Gasteiger partial charge in [-0.2, -0.15) is 0 Å². The van der Waals surface area contributed by atoms with Gasteiger partial charge in [0.2, 0.25) is 5.78 Å². The lowest BCUT2D eigenvalue weighted by Crippen LogP contribution is -2.00. The Kier molecular flexibility index (Phi) is 5.25. The molecule has 0 atom stereocenters. The van der Waals surface area contributed by atoms with Gasteiger partial charge in [-0.3, -0.25) is 4.79 Å². The van der Waals surface area contributed by atoms with Crippen molar-refractivity contribution in [3.8, 4) is 11.5 Å². The summed E-state index contributed by atoms with van der Waals surface area (Å²) in [5.41, 5.74) is 3.32. The number of ether oxygens (including phenoxy) is 2. The van der Waals surface area contributed by atoms with Gasteiger partial charge in [0, 0.05) is 15.6 Å². The molecule has 0 saturated heterocycles. The molecule has 0 bridgehead atoms. The quantitative estimate of drug-likeness (QED) is 0.415. The smallest absolute Gasteiger partial charge is 0.232 e. The Morgan fingerprint density at radius 2 is 1.79 bits per heavy atom. The van der Waals surface area contributed by atoms with Crippen molar-refractivity contribution in [2.45, 2.75) is 13.5 Å². The SMILES string of the molecule is Cc1cc(OCc2ccc(Br)cc2)cc2c1C(=O)/C(=C/c1ccc(Cl)cc1)O2. The molecule has 1 heterocycles. The first-order valence-electron chi connectivity index (χ1n) is 8.71. The Morgan fingerprint density at radius 1 is 1.07 bits per heavy atom.